The maximum Gasteiger partial charge on any atom is 0.240 e. The first kappa shape index (κ1) is 13.7. The number of hydrazine groups is 1. The number of thiophene rings is 1. The second-order valence-corrected chi connectivity index (χ2v) is 6.04. The fourth-order valence-electron chi connectivity index (χ4n) is 2.22. The molecule has 3 aromatic rings. The number of nitrogen functional groups attached to an aromatic ring is 1. The van der Waals surface area contributed by atoms with Crippen molar-refractivity contribution in [2.45, 2.75) is 13.5 Å². The summed E-state index contributed by atoms with van der Waals surface area (Å²) < 4.78 is 0. The number of hydrogen-bond acceptors (Lipinski definition) is 7. The first-order chi connectivity index (χ1) is 10.2. The van der Waals surface area contributed by atoms with E-state index in [0.717, 1.165) is 28.1 Å². The van der Waals surface area contributed by atoms with E-state index in [1.807, 2.05) is 25.4 Å². The average Bonchev–Trinajstić information content (AvgIpc) is 2.87. The first-order valence-electron chi connectivity index (χ1n) is 6.52. The molecule has 0 aliphatic carbocycles. The lowest BCUT2D eigenvalue weighted by atomic mass is 10.2. The molecule has 6 nitrogen and oxygen atoms in total. The fourth-order valence-corrected chi connectivity index (χ4v) is 3.10. The van der Waals surface area contributed by atoms with Gasteiger partial charge in [0, 0.05) is 30.9 Å². The van der Waals surface area contributed by atoms with Crippen LogP contribution in [0.15, 0.2) is 30.6 Å². The number of nitrogens with zero attached hydrogens (tertiary/aromatic N) is 4. The smallest absolute Gasteiger partial charge is 0.240 e. The van der Waals surface area contributed by atoms with Gasteiger partial charge in [0.05, 0.1) is 5.39 Å². The molecule has 0 bridgehead atoms. The molecule has 0 fully saturated rings. The van der Waals surface area contributed by atoms with Gasteiger partial charge in [-0.1, -0.05) is 6.07 Å². The van der Waals surface area contributed by atoms with Gasteiger partial charge >= 0.3 is 0 Å². The van der Waals surface area contributed by atoms with Crippen LogP contribution in [-0.2, 0) is 6.54 Å². The molecule has 21 heavy (non-hydrogen) atoms. The molecule has 0 aliphatic rings. The van der Waals surface area contributed by atoms with E-state index in [-0.39, 0.29) is 0 Å². The third kappa shape index (κ3) is 2.79. The molecule has 0 saturated carbocycles. The molecule has 0 unspecified atom stereocenters. The maximum absolute atomic E-state index is 5.47. The summed E-state index contributed by atoms with van der Waals surface area (Å²) in [5.41, 5.74) is 3.66. The Morgan fingerprint density at radius 1 is 1.38 bits per heavy atom. The highest BCUT2D eigenvalue weighted by molar-refractivity contribution is 7.18. The van der Waals surface area contributed by atoms with Crippen LogP contribution in [0.4, 0.5) is 11.8 Å². The summed E-state index contributed by atoms with van der Waals surface area (Å²) in [4.78, 5) is 17.2. The van der Waals surface area contributed by atoms with Crippen LogP contribution in [0.5, 0.6) is 0 Å². The van der Waals surface area contributed by atoms with Crippen LogP contribution in [0, 0.1) is 6.92 Å². The summed E-state index contributed by atoms with van der Waals surface area (Å²) in [5.74, 6) is 6.76. The van der Waals surface area contributed by atoms with Gasteiger partial charge in [0.25, 0.3) is 0 Å². The zero-order chi connectivity index (χ0) is 14.8. The van der Waals surface area contributed by atoms with Gasteiger partial charge in [0.2, 0.25) is 5.95 Å². The second-order valence-electron chi connectivity index (χ2n) is 4.81. The van der Waals surface area contributed by atoms with E-state index >= 15 is 0 Å². The lowest BCUT2D eigenvalue weighted by molar-refractivity contribution is 0.894. The Morgan fingerprint density at radius 2 is 2.24 bits per heavy atom. The number of nitrogens with one attached hydrogen (secondary N) is 1. The van der Waals surface area contributed by atoms with Crippen molar-refractivity contribution < 1.29 is 0 Å². The number of nitrogens with two attached hydrogens (primary N) is 1. The summed E-state index contributed by atoms with van der Waals surface area (Å²) in [6, 6.07) is 6.08. The summed E-state index contributed by atoms with van der Waals surface area (Å²) in [5, 5.41) is 1.04. The fraction of sp³-hybridized carbons (Fsp3) is 0.214. The van der Waals surface area contributed by atoms with Gasteiger partial charge in [-0.15, -0.1) is 11.3 Å². The number of hydrogen-bond donors (Lipinski definition) is 2. The van der Waals surface area contributed by atoms with Crippen LogP contribution in [0.2, 0.25) is 0 Å². The van der Waals surface area contributed by atoms with Crippen molar-refractivity contribution in [3.63, 3.8) is 0 Å². The van der Waals surface area contributed by atoms with E-state index in [1.165, 1.54) is 4.88 Å². The molecule has 0 aliphatic heterocycles. The van der Waals surface area contributed by atoms with Gasteiger partial charge in [-0.25, -0.2) is 10.8 Å². The summed E-state index contributed by atoms with van der Waals surface area (Å²) in [6.07, 6.45) is 3.63. The zero-order valence-corrected chi connectivity index (χ0v) is 12.7. The molecule has 0 atom stereocenters. The molecule has 0 spiro atoms. The van der Waals surface area contributed by atoms with Crippen molar-refractivity contribution in [3.05, 3.63) is 41.0 Å². The molecule has 0 aromatic carbocycles. The van der Waals surface area contributed by atoms with Crippen LogP contribution in [0.25, 0.3) is 10.2 Å². The Labute approximate surface area is 126 Å². The quantitative estimate of drug-likeness (QED) is 0.568. The molecular formula is C14H16N6S. The third-order valence-corrected chi connectivity index (χ3v) is 4.07. The topological polar surface area (TPSA) is 80.0 Å². The molecule has 3 N–H and O–H groups in total. The largest absolute Gasteiger partial charge is 0.355 e. The predicted molar refractivity (Wildman–Crippen MR) is 86.3 cm³/mol. The van der Waals surface area contributed by atoms with Gasteiger partial charge in [0.15, 0.2) is 0 Å². The Kier molecular flexibility index (Phi) is 3.68. The lowest BCUT2D eigenvalue weighted by Gasteiger charge is -2.19. The lowest BCUT2D eigenvalue weighted by Crippen LogP contribution is -2.20. The Morgan fingerprint density at radius 3 is 2.95 bits per heavy atom. The van der Waals surface area contributed by atoms with Crippen molar-refractivity contribution in [2.75, 3.05) is 17.4 Å². The molecule has 108 valence electrons. The molecule has 3 heterocycles. The van der Waals surface area contributed by atoms with E-state index in [1.54, 1.807) is 17.5 Å². The van der Waals surface area contributed by atoms with E-state index in [9.17, 15) is 0 Å². The summed E-state index contributed by atoms with van der Waals surface area (Å²) in [7, 11) is 2.00. The zero-order valence-electron chi connectivity index (χ0n) is 11.9. The van der Waals surface area contributed by atoms with Crippen LogP contribution >= 0.6 is 11.3 Å². The van der Waals surface area contributed by atoms with Crippen LogP contribution in [0.1, 0.15) is 10.4 Å². The average molecular weight is 300 g/mol. The third-order valence-electron chi connectivity index (χ3n) is 3.13. The summed E-state index contributed by atoms with van der Waals surface area (Å²) >= 11 is 1.63. The minimum atomic E-state index is 0.428. The van der Waals surface area contributed by atoms with Crippen molar-refractivity contribution in [1.29, 1.82) is 0 Å². The second kappa shape index (κ2) is 5.63. The normalized spacial score (nSPS) is 10.8. The van der Waals surface area contributed by atoms with Crippen LogP contribution < -0.4 is 16.2 Å². The first-order valence-corrected chi connectivity index (χ1v) is 7.34. The summed E-state index contributed by atoms with van der Waals surface area (Å²) in [6.45, 7) is 2.78. The van der Waals surface area contributed by atoms with Gasteiger partial charge in [-0.3, -0.25) is 10.4 Å². The molecule has 0 radical (unpaired) electrons. The standard InChI is InChI=1S/C14H16N6S/c1-9-6-11-12(17-14(19-15)18-13(11)21-9)20(2)8-10-4-3-5-16-7-10/h3-7H,8,15H2,1-2H3,(H,17,18,19). The maximum atomic E-state index is 5.47. The number of rotatable bonds is 4. The van der Waals surface area contributed by atoms with Crippen LogP contribution in [0.3, 0.4) is 0 Å². The number of aryl methyl sites for hydroxylation is 1. The molecule has 3 aromatic heterocycles. The number of aromatic nitrogens is 3. The Hall–Kier alpha value is -2.25. The number of fused-ring (bicyclic) bond motifs is 1. The number of pyridine rings is 1. The van der Waals surface area contributed by atoms with Crippen LogP contribution in [-0.4, -0.2) is 22.0 Å². The molecule has 0 saturated heterocycles. The molecule has 7 heteroatoms. The highest BCUT2D eigenvalue weighted by Gasteiger charge is 2.14. The SMILES string of the molecule is Cc1cc2c(N(C)Cc3cccnc3)nc(NN)nc2s1. The van der Waals surface area contributed by atoms with Gasteiger partial charge < -0.3 is 4.90 Å². The molecule has 3 rings (SSSR count). The van der Waals surface area contributed by atoms with Crippen molar-refractivity contribution in [2.24, 2.45) is 5.84 Å². The van der Waals surface area contributed by atoms with E-state index in [4.69, 9.17) is 5.84 Å². The van der Waals surface area contributed by atoms with Crippen molar-refractivity contribution in [3.8, 4) is 0 Å². The highest BCUT2D eigenvalue weighted by Crippen LogP contribution is 2.31. The Bertz CT molecular complexity index is 755. The van der Waals surface area contributed by atoms with E-state index < -0.39 is 0 Å². The number of anilines is 2. The highest BCUT2D eigenvalue weighted by atomic mass is 32.1. The minimum Gasteiger partial charge on any atom is -0.355 e. The predicted octanol–water partition coefficient (Wildman–Crippen LogP) is 2.32. The monoisotopic (exact) mass is 300 g/mol. The minimum absolute atomic E-state index is 0.428. The van der Waals surface area contributed by atoms with Crippen molar-refractivity contribution in [1.82, 2.24) is 15.0 Å². The van der Waals surface area contributed by atoms with Crippen molar-refractivity contribution >= 4 is 33.3 Å². The molecule has 0 amide bonds. The van der Waals surface area contributed by atoms with Gasteiger partial charge in [-0.05, 0) is 24.6 Å². The van der Waals surface area contributed by atoms with E-state index in [0.29, 0.717) is 5.95 Å². The van der Waals surface area contributed by atoms with Gasteiger partial charge in [-0.2, -0.15) is 4.98 Å². The van der Waals surface area contributed by atoms with E-state index in [2.05, 4.69) is 38.3 Å². The van der Waals surface area contributed by atoms with Gasteiger partial charge in [0.1, 0.15) is 10.6 Å². The molecular weight excluding hydrogens is 284 g/mol. The Balaban J connectivity index is 2.01.